The second-order valence-electron chi connectivity index (χ2n) is 9.21. The zero-order valence-corrected chi connectivity index (χ0v) is 14.7. The molecule has 0 aliphatic heterocycles. The highest BCUT2D eigenvalue weighted by Crippen LogP contribution is 2.65. The van der Waals surface area contributed by atoms with Gasteiger partial charge >= 0.3 is 0 Å². The molecule has 3 saturated carbocycles. The first-order valence-corrected chi connectivity index (χ1v) is 9.71. The minimum Gasteiger partial charge on any atom is -0.300 e. The minimum absolute atomic E-state index is 0.212. The van der Waals surface area contributed by atoms with Crippen molar-refractivity contribution in [1.82, 2.24) is 0 Å². The van der Waals surface area contributed by atoms with Gasteiger partial charge in [-0.05, 0) is 73.0 Å². The highest BCUT2D eigenvalue weighted by molar-refractivity contribution is 5.80. The molecule has 3 fully saturated rings. The number of rotatable bonds is 1. The summed E-state index contributed by atoms with van der Waals surface area (Å²) in [6, 6.07) is 0. The Morgan fingerprint density at radius 3 is 2.73 bits per heavy atom. The molecule has 4 aliphatic rings. The average molecular weight is 300 g/mol. The number of Topliss-reactive ketones (excluding diaryl/α,β-unsaturated/α-hetero) is 1. The number of hydrogen-bond donors (Lipinski definition) is 0. The van der Waals surface area contributed by atoms with Crippen LogP contribution < -0.4 is 0 Å². The molecule has 4 aliphatic carbocycles. The zero-order chi connectivity index (χ0) is 15.5. The van der Waals surface area contributed by atoms with Gasteiger partial charge in [-0.3, -0.25) is 4.79 Å². The van der Waals surface area contributed by atoms with Crippen molar-refractivity contribution >= 4 is 5.78 Å². The van der Waals surface area contributed by atoms with Gasteiger partial charge in [0.05, 0.1) is 0 Å². The van der Waals surface area contributed by atoms with E-state index in [1.807, 2.05) is 0 Å². The lowest BCUT2D eigenvalue weighted by Crippen LogP contribution is -2.48. The van der Waals surface area contributed by atoms with Crippen LogP contribution in [-0.2, 0) is 4.79 Å². The molecule has 1 unspecified atom stereocenters. The predicted octanol–water partition coefficient (Wildman–Crippen LogP) is 5.54. The van der Waals surface area contributed by atoms with Gasteiger partial charge < -0.3 is 0 Å². The first-order valence-electron chi connectivity index (χ1n) is 9.71. The van der Waals surface area contributed by atoms with Crippen LogP contribution in [0.4, 0.5) is 0 Å². The van der Waals surface area contributed by atoms with Gasteiger partial charge in [0, 0.05) is 12.8 Å². The number of allylic oxidation sites excluding steroid dienone is 2. The largest absolute Gasteiger partial charge is 0.300 e. The van der Waals surface area contributed by atoms with Crippen LogP contribution in [-0.4, -0.2) is 5.78 Å². The maximum absolute atomic E-state index is 12.2. The highest BCUT2D eigenvalue weighted by atomic mass is 16.1. The lowest BCUT2D eigenvalue weighted by molar-refractivity contribution is -0.125. The molecule has 0 saturated heterocycles. The number of ketones is 1. The highest BCUT2D eigenvalue weighted by Gasteiger charge is 2.56. The van der Waals surface area contributed by atoms with E-state index in [2.05, 4.69) is 26.8 Å². The Hall–Kier alpha value is -0.590. The van der Waals surface area contributed by atoms with Crippen LogP contribution in [0.2, 0.25) is 0 Å². The first kappa shape index (κ1) is 15.0. The van der Waals surface area contributed by atoms with Crippen LogP contribution in [0, 0.1) is 34.5 Å². The van der Waals surface area contributed by atoms with Crippen molar-refractivity contribution < 1.29 is 4.79 Å². The Morgan fingerprint density at radius 1 is 1.14 bits per heavy atom. The van der Waals surface area contributed by atoms with Crippen LogP contribution in [0.5, 0.6) is 0 Å². The summed E-state index contributed by atoms with van der Waals surface area (Å²) in [5, 5.41) is 0. The van der Waals surface area contributed by atoms with Crippen molar-refractivity contribution in [2.45, 2.75) is 78.6 Å². The summed E-state index contributed by atoms with van der Waals surface area (Å²) in [5.74, 6) is 3.91. The second kappa shape index (κ2) is 4.95. The van der Waals surface area contributed by atoms with E-state index >= 15 is 0 Å². The first-order chi connectivity index (χ1) is 10.5. The van der Waals surface area contributed by atoms with E-state index in [0.717, 1.165) is 42.9 Å². The Labute approximate surface area is 135 Å². The fourth-order valence-corrected chi connectivity index (χ4v) is 7.18. The van der Waals surface area contributed by atoms with Crippen molar-refractivity contribution in [3.05, 3.63) is 11.6 Å². The van der Waals surface area contributed by atoms with Crippen LogP contribution in [0.1, 0.15) is 78.6 Å². The summed E-state index contributed by atoms with van der Waals surface area (Å²) in [7, 11) is 0. The zero-order valence-electron chi connectivity index (χ0n) is 14.7. The molecule has 0 aromatic rings. The van der Waals surface area contributed by atoms with Crippen LogP contribution in [0.15, 0.2) is 11.6 Å². The van der Waals surface area contributed by atoms with E-state index in [1.54, 1.807) is 5.57 Å². The maximum Gasteiger partial charge on any atom is 0.133 e. The van der Waals surface area contributed by atoms with Crippen molar-refractivity contribution in [1.29, 1.82) is 0 Å². The minimum atomic E-state index is 0.212. The summed E-state index contributed by atoms with van der Waals surface area (Å²) < 4.78 is 0. The lowest BCUT2D eigenvalue weighted by Gasteiger charge is -2.56. The summed E-state index contributed by atoms with van der Waals surface area (Å²) in [6.07, 6.45) is 13.7. The summed E-state index contributed by atoms with van der Waals surface area (Å²) >= 11 is 0. The Morgan fingerprint density at radius 2 is 1.95 bits per heavy atom. The van der Waals surface area contributed by atoms with Gasteiger partial charge in [-0.25, -0.2) is 0 Å². The Kier molecular flexibility index (Phi) is 3.37. The lowest BCUT2D eigenvalue weighted by atomic mass is 9.49. The quantitative estimate of drug-likeness (QED) is 0.581. The third-order valence-corrected chi connectivity index (χ3v) is 8.47. The molecule has 4 rings (SSSR count). The van der Waals surface area contributed by atoms with Crippen LogP contribution in [0.3, 0.4) is 0 Å². The van der Waals surface area contributed by atoms with E-state index < -0.39 is 0 Å². The number of carbonyl (C=O) groups excluding carboxylic acids is 1. The van der Waals surface area contributed by atoms with Crippen molar-refractivity contribution in [3.8, 4) is 0 Å². The molecule has 6 atom stereocenters. The molecule has 0 amide bonds. The van der Waals surface area contributed by atoms with Crippen molar-refractivity contribution in [2.75, 3.05) is 0 Å². The predicted molar refractivity (Wildman–Crippen MR) is 90.5 cm³/mol. The summed E-state index contributed by atoms with van der Waals surface area (Å²) in [6.45, 7) is 7.39. The molecule has 0 N–H and O–H groups in total. The van der Waals surface area contributed by atoms with E-state index in [4.69, 9.17) is 0 Å². The molecule has 0 aromatic carbocycles. The molecule has 0 bridgehead atoms. The van der Waals surface area contributed by atoms with Gasteiger partial charge in [0.25, 0.3) is 0 Å². The van der Waals surface area contributed by atoms with Crippen molar-refractivity contribution in [2.24, 2.45) is 34.5 Å². The van der Waals surface area contributed by atoms with Gasteiger partial charge in [0.2, 0.25) is 0 Å². The smallest absolute Gasteiger partial charge is 0.133 e. The molecular weight excluding hydrogens is 268 g/mol. The molecule has 0 spiro atoms. The SMILES string of the molecule is CC[C@H]1CC[C@H]2[C@@H]3CCC4CCC(=O)C[C@]4(C)C3=CC[C@]12C. The topological polar surface area (TPSA) is 17.1 Å². The van der Waals surface area contributed by atoms with E-state index in [0.29, 0.717) is 11.2 Å². The van der Waals surface area contributed by atoms with E-state index in [9.17, 15) is 4.79 Å². The van der Waals surface area contributed by atoms with Gasteiger partial charge in [0.15, 0.2) is 0 Å². The molecular formula is C21H32O. The number of hydrogen-bond acceptors (Lipinski definition) is 1. The van der Waals surface area contributed by atoms with E-state index in [1.165, 1.54) is 38.5 Å². The van der Waals surface area contributed by atoms with Gasteiger partial charge in [-0.15, -0.1) is 0 Å². The normalized spacial score (nSPS) is 50.9. The molecule has 1 nitrogen and oxygen atoms in total. The fourth-order valence-electron chi connectivity index (χ4n) is 7.18. The Bertz CT molecular complexity index is 518. The van der Waals surface area contributed by atoms with Gasteiger partial charge in [0.1, 0.15) is 5.78 Å². The summed E-state index contributed by atoms with van der Waals surface area (Å²) in [5.41, 5.74) is 2.48. The molecule has 1 heteroatoms. The standard InChI is InChI=1S/C21H32O/c1-4-14-7-10-18-17-9-6-15-5-8-16(22)13-21(15,3)19(17)11-12-20(14,18)2/h11,14-15,17-18H,4-10,12-13H2,1-3H3/t14-,15?,17-,18-,20+,21-/m0/s1. The molecule has 22 heavy (non-hydrogen) atoms. The number of fused-ring (bicyclic) bond motifs is 5. The van der Waals surface area contributed by atoms with Crippen LogP contribution >= 0.6 is 0 Å². The van der Waals surface area contributed by atoms with Crippen molar-refractivity contribution in [3.63, 3.8) is 0 Å². The molecule has 122 valence electrons. The third kappa shape index (κ3) is 1.86. The van der Waals surface area contributed by atoms with Gasteiger partial charge in [-0.1, -0.05) is 38.8 Å². The second-order valence-corrected chi connectivity index (χ2v) is 9.21. The Balaban J connectivity index is 1.71. The molecule has 0 heterocycles. The monoisotopic (exact) mass is 300 g/mol. The van der Waals surface area contributed by atoms with Gasteiger partial charge in [-0.2, -0.15) is 0 Å². The average Bonchev–Trinajstić information content (AvgIpc) is 2.82. The van der Waals surface area contributed by atoms with Crippen LogP contribution in [0.25, 0.3) is 0 Å². The third-order valence-electron chi connectivity index (χ3n) is 8.47. The van der Waals surface area contributed by atoms with E-state index in [-0.39, 0.29) is 5.41 Å². The molecule has 0 radical (unpaired) electrons. The molecule has 0 aromatic heterocycles. The number of carbonyl (C=O) groups is 1. The summed E-state index contributed by atoms with van der Waals surface area (Å²) in [4.78, 5) is 12.2. The maximum atomic E-state index is 12.2. The fraction of sp³-hybridized carbons (Fsp3) is 0.857.